The molecule has 0 radical (unpaired) electrons. The van der Waals surface area contributed by atoms with Crippen molar-refractivity contribution in [3.63, 3.8) is 0 Å². The zero-order chi connectivity index (χ0) is 14.4. The molecule has 2 rings (SSSR count). The van der Waals surface area contributed by atoms with Gasteiger partial charge in [-0.25, -0.2) is 4.39 Å². The maximum atomic E-state index is 13.1. The van der Waals surface area contributed by atoms with E-state index in [1.54, 1.807) is 25.3 Å². The summed E-state index contributed by atoms with van der Waals surface area (Å²) < 4.78 is 18.3. The van der Waals surface area contributed by atoms with Gasteiger partial charge in [0.1, 0.15) is 11.6 Å². The number of benzene rings is 1. The zero-order valence-corrected chi connectivity index (χ0v) is 12.0. The molecule has 0 saturated heterocycles. The number of carbonyl (C=O) groups excluding carboxylic acids is 1. The number of amides is 1. The molecule has 0 aliphatic carbocycles. The largest absolute Gasteiger partial charge is 0.468 e. The van der Waals surface area contributed by atoms with E-state index in [4.69, 9.17) is 4.42 Å². The summed E-state index contributed by atoms with van der Waals surface area (Å²) in [5.41, 5.74) is 1.48. The molecule has 0 aliphatic heterocycles. The van der Waals surface area contributed by atoms with Crippen molar-refractivity contribution in [2.24, 2.45) is 0 Å². The molecule has 0 spiro atoms. The molecule has 0 atom stereocenters. The van der Waals surface area contributed by atoms with Gasteiger partial charge in [0.25, 0.3) is 0 Å². The van der Waals surface area contributed by atoms with Crippen molar-refractivity contribution in [2.75, 3.05) is 5.75 Å². The van der Waals surface area contributed by atoms with E-state index < -0.39 is 0 Å². The van der Waals surface area contributed by atoms with Gasteiger partial charge in [-0.05, 0) is 36.2 Å². The Morgan fingerprint density at radius 1 is 1.40 bits per heavy atom. The summed E-state index contributed by atoms with van der Waals surface area (Å²) in [6.07, 6.45) is 1.62. The van der Waals surface area contributed by atoms with Gasteiger partial charge in [0, 0.05) is 6.54 Å². The van der Waals surface area contributed by atoms with Crippen molar-refractivity contribution in [1.29, 1.82) is 0 Å². The molecule has 1 heterocycles. The molecule has 2 aromatic rings. The molecule has 0 bridgehead atoms. The van der Waals surface area contributed by atoms with Crippen LogP contribution in [0.4, 0.5) is 4.39 Å². The molecule has 1 aromatic heterocycles. The smallest absolute Gasteiger partial charge is 0.230 e. The summed E-state index contributed by atoms with van der Waals surface area (Å²) in [6.45, 7) is 2.13. The van der Waals surface area contributed by atoms with Gasteiger partial charge in [-0.3, -0.25) is 4.79 Å². The lowest BCUT2D eigenvalue weighted by atomic mass is 10.1. The second kappa shape index (κ2) is 7.14. The Hall–Kier alpha value is -1.75. The van der Waals surface area contributed by atoms with E-state index in [9.17, 15) is 9.18 Å². The molecular formula is C15H16FNO2S. The third kappa shape index (κ3) is 4.42. The van der Waals surface area contributed by atoms with Crippen LogP contribution in [0, 0.1) is 12.7 Å². The summed E-state index contributed by atoms with van der Waals surface area (Å²) in [5, 5.41) is 2.81. The molecule has 1 amide bonds. The Bertz CT molecular complexity index is 569. The van der Waals surface area contributed by atoms with Crippen LogP contribution in [-0.4, -0.2) is 11.7 Å². The second-order valence-corrected chi connectivity index (χ2v) is 5.42. The van der Waals surface area contributed by atoms with Crippen LogP contribution in [0.15, 0.2) is 41.0 Å². The van der Waals surface area contributed by atoms with E-state index in [0.717, 1.165) is 11.3 Å². The number of carbonyl (C=O) groups is 1. The molecule has 20 heavy (non-hydrogen) atoms. The third-order valence-electron chi connectivity index (χ3n) is 2.77. The van der Waals surface area contributed by atoms with E-state index >= 15 is 0 Å². The molecule has 0 unspecified atom stereocenters. The molecular weight excluding hydrogens is 277 g/mol. The molecule has 0 fully saturated rings. The van der Waals surface area contributed by atoms with Crippen LogP contribution in [0.3, 0.4) is 0 Å². The second-order valence-electron chi connectivity index (χ2n) is 4.43. The lowest BCUT2D eigenvalue weighted by Gasteiger charge is -2.06. The van der Waals surface area contributed by atoms with Gasteiger partial charge in [-0.1, -0.05) is 12.1 Å². The lowest BCUT2D eigenvalue weighted by Crippen LogP contribution is -2.24. The standard InChI is InChI=1S/C15H16FNO2S/c1-11-7-12(4-5-14(11)16)8-17-15(18)10-20-9-13-3-2-6-19-13/h2-7H,8-10H2,1H3,(H,17,18). The Kier molecular flexibility index (Phi) is 5.24. The van der Waals surface area contributed by atoms with E-state index in [2.05, 4.69) is 5.32 Å². The predicted octanol–water partition coefficient (Wildman–Crippen LogP) is 3.28. The van der Waals surface area contributed by atoms with Crippen molar-refractivity contribution in [3.8, 4) is 0 Å². The van der Waals surface area contributed by atoms with E-state index in [-0.39, 0.29) is 11.7 Å². The average Bonchev–Trinajstić information content (AvgIpc) is 2.93. The summed E-state index contributed by atoms with van der Waals surface area (Å²) in [6, 6.07) is 8.55. The Balaban J connectivity index is 1.70. The molecule has 5 heteroatoms. The van der Waals surface area contributed by atoms with Gasteiger partial charge in [-0.2, -0.15) is 0 Å². The van der Waals surface area contributed by atoms with Gasteiger partial charge >= 0.3 is 0 Å². The first-order chi connectivity index (χ1) is 9.65. The number of nitrogens with one attached hydrogen (secondary N) is 1. The number of aryl methyl sites for hydroxylation is 1. The van der Waals surface area contributed by atoms with Crippen LogP contribution in [0.25, 0.3) is 0 Å². The van der Waals surface area contributed by atoms with Crippen molar-refractivity contribution in [2.45, 2.75) is 19.2 Å². The van der Waals surface area contributed by atoms with Gasteiger partial charge < -0.3 is 9.73 Å². The molecule has 1 N–H and O–H groups in total. The first-order valence-corrected chi connectivity index (χ1v) is 7.42. The molecule has 106 valence electrons. The van der Waals surface area contributed by atoms with Crippen LogP contribution >= 0.6 is 11.8 Å². The van der Waals surface area contributed by atoms with Crippen molar-refractivity contribution >= 4 is 17.7 Å². The highest BCUT2D eigenvalue weighted by molar-refractivity contribution is 7.99. The van der Waals surface area contributed by atoms with Crippen LogP contribution in [-0.2, 0) is 17.1 Å². The monoisotopic (exact) mass is 293 g/mol. The number of rotatable bonds is 6. The molecule has 3 nitrogen and oxygen atoms in total. The van der Waals surface area contributed by atoms with Gasteiger partial charge in [0.15, 0.2) is 0 Å². The minimum absolute atomic E-state index is 0.0384. The van der Waals surface area contributed by atoms with Crippen molar-refractivity contribution in [1.82, 2.24) is 5.32 Å². The maximum absolute atomic E-state index is 13.1. The Morgan fingerprint density at radius 2 is 2.25 bits per heavy atom. The van der Waals surface area contributed by atoms with Crippen LogP contribution in [0.1, 0.15) is 16.9 Å². The molecule has 1 aromatic carbocycles. The SMILES string of the molecule is Cc1cc(CNC(=O)CSCc2ccco2)ccc1F. The topological polar surface area (TPSA) is 42.2 Å². The average molecular weight is 293 g/mol. The summed E-state index contributed by atoms with van der Waals surface area (Å²) in [4.78, 5) is 11.7. The van der Waals surface area contributed by atoms with Crippen LogP contribution in [0.5, 0.6) is 0 Å². The van der Waals surface area contributed by atoms with E-state index in [1.807, 2.05) is 12.1 Å². The minimum atomic E-state index is -0.228. The predicted molar refractivity (Wildman–Crippen MR) is 77.9 cm³/mol. The van der Waals surface area contributed by atoms with Gasteiger partial charge in [-0.15, -0.1) is 11.8 Å². The quantitative estimate of drug-likeness (QED) is 0.888. The number of furan rings is 1. The highest BCUT2D eigenvalue weighted by atomic mass is 32.2. The third-order valence-corrected chi connectivity index (χ3v) is 3.72. The summed E-state index contributed by atoms with van der Waals surface area (Å²) in [7, 11) is 0. The highest BCUT2D eigenvalue weighted by Crippen LogP contribution is 2.12. The number of hydrogen-bond acceptors (Lipinski definition) is 3. The van der Waals surface area contributed by atoms with Gasteiger partial charge in [0.2, 0.25) is 5.91 Å². The fraction of sp³-hybridized carbons (Fsp3) is 0.267. The fourth-order valence-corrected chi connectivity index (χ4v) is 2.46. The molecule has 0 aliphatic rings. The highest BCUT2D eigenvalue weighted by Gasteiger charge is 2.04. The number of halogens is 1. The minimum Gasteiger partial charge on any atom is -0.468 e. The Labute approximate surface area is 121 Å². The summed E-state index contributed by atoms with van der Waals surface area (Å²) >= 11 is 1.49. The van der Waals surface area contributed by atoms with Crippen LogP contribution < -0.4 is 5.32 Å². The van der Waals surface area contributed by atoms with Crippen molar-refractivity contribution < 1.29 is 13.6 Å². The molecule has 0 saturated carbocycles. The normalized spacial score (nSPS) is 10.5. The maximum Gasteiger partial charge on any atom is 0.230 e. The zero-order valence-electron chi connectivity index (χ0n) is 11.2. The van der Waals surface area contributed by atoms with Crippen LogP contribution in [0.2, 0.25) is 0 Å². The summed E-state index contributed by atoms with van der Waals surface area (Å²) in [5.74, 6) is 1.64. The first-order valence-electron chi connectivity index (χ1n) is 6.27. The first kappa shape index (κ1) is 14.7. The fourth-order valence-electron chi connectivity index (χ4n) is 1.71. The van der Waals surface area contributed by atoms with Crippen molar-refractivity contribution in [3.05, 3.63) is 59.3 Å². The Morgan fingerprint density at radius 3 is 2.95 bits per heavy atom. The number of thioether (sulfide) groups is 1. The van der Waals surface area contributed by atoms with E-state index in [1.165, 1.54) is 17.8 Å². The lowest BCUT2D eigenvalue weighted by molar-refractivity contribution is -0.118. The van der Waals surface area contributed by atoms with E-state index in [0.29, 0.717) is 23.6 Å². The van der Waals surface area contributed by atoms with Gasteiger partial charge in [0.05, 0.1) is 17.8 Å². The number of hydrogen-bond donors (Lipinski definition) is 1.